The Balaban J connectivity index is -0.0000000112. The van der Waals surface area contributed by atoms with Crippen LogP contribution in [-0.2, 0) is 4.79 Å². The van der Waals surface area contributed by atoms with E-state index in [1.54, 1.807) is 0 Å². The van der Waals surface area contributed by atoms with Crippen molar-refractivity contribution in [3.8, 4) is 0 Å². The average molecular weight is 364 g/mol. The minimum atomic E-state index is -2.08. The third kappa shape index (κ3) is 134. The van der Waals surface area contributed by atoms with E-state index in [9.17, 15) is 0 Å². The van der Waals surface area contributed by atoms with E-state index in [0.717, 1.165) is 6.92 Å². The molecule has 0 aromatic rings. The van der Waals surface area contributed by atoms with Crippen molar-refractivity contribution in [2.75, 3.05) is 0 Å². The molecule has 9 heteroatoms. The van der Waals surface area contributed by atoms with Crippen molar-refractivity contribution in [1.29, 1.82) is 0 Å². The molecule has 0 unspecified atom stereocenters. The molecule has 0 rings (SSSR count). The molecule has 0 aliphatic heterocycles. The smallest absolute Gasteiger partial charge is 1.00 e. The Bertz CT molecular complexity index is 79.9. The number of halogens is 1. The molecule has 0 saturated carbocycles. The molecule has 0 spiro atoms. The van der Waals surface area contributed by atoms with Crippen molar-refractivity contribution in [2.45, 2.75) is 6.92 Å². The van der Waals surface area contributed by atoms with Gasteiger partial charge in [0.1, 0.15) is 0 Å². The van der Waals surface area contributed by atoms with Crippen LogP contribution in [0.1, 0.15) is 6.92 Å². The minimum Gasteiger partial charge on any atom is -1.00 e. The first-order chi connectivity index (χ1) is 3.46. The van der Waals surface area contributed by atoms with E-state index in [-0.39, 0.29) is 178 Å². The van der Waals surface area contributed by atoms with E-state index < -0.39 is 12.1 Å². The minimum absolute atomic E-state index is 0. The van der Waals surface area contributed by atoms with Gasteiger partial charge in [0.25, 0.3) is 0 Å². The van der Waals surface area contributed by atoms with Crippen LogP contribution in [-0.4, -0.2) is 17.2 Å². The third-order valence-electron chi connectivity index (χ3n) is 0. The molecule has 12 heavy (non-hydrogen) atoms. The van der Waals surface area contributed by atoms with Gasteiger partial charge in [-0.05, 0) is 6.92 Å². The molecule has 0 fully saturated rings. The van der Waals surface area contributed by atoms with E-state index in [0.29, 0.717) is 0 Å². The first-order valence-corrected chi connectivity index (χ1v) is 1.54. The molecule has 0 aromatic carbocycles. The molecule has 0 bridgehead atoms. The molecule has 0 aromatic heterocycles. The van der Waals surface area contributed by atoms with Gasteiger partial charge in [-0.15, -0.1) is 0 Å². The quantitative estimate of drug-likeness (QED) is 0.340. The Morgan fingerprint density at radius 3 is 1.08 bits per heavy atom. The fraction of sp³-hybridized carbons (Fsp3) is 0.333. The molecule has 1 N–H and O–H groups in total. The van der Waals surface area contributed by atoms with Crippen LogP contribution in [0.25, 0.3) is 0 Å². The summed E-state index contributed by atoms with van der Waals surface area (Å²) in [6.45, 7) is 0.972. The Morgan fingerprint density at radius 2 is 1.08 bits per heavy atom. The Hall–Kier alpha value is 4.38. The van der Waals surface area contributed by atoms with Crippen LogP contribution in [0.5, 0.6) is 0 Å². The number of carbonyl (C=O) groups excluding carboxylic acids is 1. The zero-order valence-corrected chi connectivity index (χ0v) is 19.0. The SMILES string of the molecule is CC(=O)[O-].O=C([O-])O.[I-].[K+].[K+].[K+]. The molecule has 0 aliphatic rings. The number of hydrogen-bond acceptors (Lipinski definition) is 4. The number of aliphatic carboxylic acids is 1. The number of rotatable bonds is 0. The molecule has 56 valence electrons. The normalized spacial score (nSPS) is 4.08. The molecule has 0 aliphatic carbocycles. The maximum Gasteiger partial charge on any atom is 1.00 e. The van der Waals surface area contributed by atoms with Crippen molar-refractivity contribution in [1.82, 2.24) is 0 Å². The summed E-state index contributed by atoms with van der Waals surface area (Å²) in [5, 5.41) is 24.2. The summed E-state index contributed by atoms with van der Waals surface area (Å²) in [6.07, 6.45) is -2.08. The van der Waals surface area contributed by atoms with Gasteiger partial charge >= 0.3 is 154 Å². The van der Waals surface area contributed by atoms with Crippen LogP contribution in [0.3, 0.4) is 0 Å². The van der Waals surface area contributed by atoms with Gasteiger partial charge in [-0.3, -0.25) is 0 Å². The summed E-state index contributed by atoms with van der Waals surface area (Å²) in [7, 11) is 0. The van der Waals surface area contributed by atoms with E-state index in [1.165, 1.54) is 0 Å². The number of carbonyl (C=O) groups is 2. The Labute approximate surface area is 215 Å². The van der Waals surface area contributed by atoms with Crippen molar-refractivity contribution in [3.63, 3.8) is 0 Å². The molecule has 0 atom stereocenters. The van der Waals surface area contributed by atoms with Gasteiger partial charge in [-0.25, -0.2) is 0 Å². The molecule has 0 heterocycles. The number of carboxylic acid groups (broad SMARTS) is 3. The van der Waals surface area contributed by atoms with E-state index in [4.69, 9.17) is 24.9 Å². The number of hydrogen-bond donors (Lipinski definition) is 1. The molecule has 5 nitrogen and oxygen atoms in total. The van der Waals surface area contributed by atoms with Gasteiger partial charge in [0, 0.05) is 5.97 Å². The maximum absolute atomic E-state index is 8.89. The predicted molar refractivity (Wildman–Crippen MR) is 18.7 cm³/mol. The van der Waals surface area contributed by atoms with Gasteiger partial charge in [0.15, 0.2) is 0 Å². The van der Waals surface area contributed by atoms with Crippen LogP contribution in [0.4, 0.5) is 4.79 Å². The van der Waals surface area contributed by atoms with E-state index in [2.05, 4.69) is 0 Å². The first kappa shape index (κ1) is 36.0. The van der Waals surface area contributed by atoms with Crippen LogP contribution in [0.2, 0.25) is 0 Å². The second-order valence-corrected chi connectivity index (χ2v) is 0.757. The molecule has 0 radical (unpaired) electrons. The second kappa shape index (κ2) is 29.5. The van der Waals surface area contributed by atoms with E-state index >= 15 is 0 Å². The molecule has 0 saturated heterocycles. The van der Waals surface area contributed by atoms with Crippen LogP contribution >= 0.6 is 0 Å². The van der Waals surface area contributed by atoms with Gasteiger partial charge < -0.3 is 48.9 Å². The fourth-order valence-corrected chi connectivity index (χ4v) is 0. The van der Waals surface area contributed by atoms with Crippen LogP contribution in [0, 0.1) is 0 Å². The second-order valence-electron chi connectivity index (χ2n) is 0.757. The molecular formula is C3H4IK3O5. The van der Waals surface area contributed by atoms with Crippen molar-refractivity contribution in [2.24, 2.45) is 0 Å². The predicted octanol–water partition coefficient (Wildman–Crippen LogP) is -14.3. The monoisotopic (exact) mass is 364 g/mol. The zero-order valence-electron chi connectivity index (χ0n) is 7.46. The van der Waals surface area contributed by atoms with Gasteiger partial charge in [0.05, 0.1) is 0 Å². The summed E-state index contributed by atoms with van der Waals surface area (Å²) in [5.41, 5.74) is 0. The number of carboxylic acids is 1. The Kier molecular flexibility index (Phi) is 88.5. The van der Waals surface area contributed by atoms with Gasteiger partial charge in [0.2, 0.25) is 6.16 Å². The summed E-state index contributed by atoms with van der Waals surface area (Å²) in [6, 6.07) is 0. The maximum atomic E-state index is 8.89. The third-order valence-corrected chi connectivity index (χ3v) is 0. The van der Waals surface area contributed by atoms with Crippen LogP contribution in [0.15, 0.2) is 0 Å². The standard InChI is InChI=1S/C2H4O2.CH2O3.HI.3K/c1-2(3)4;2-1(3)4;;;;/h1H3,(H,3,4);(H2,2,3,4);1H;;;/q;;;3*+1/p-3. The topological polar surface area (TPSA) is 100 Å². The van der Waals surface area contributed by atoms with Crippen molar-refractivity contribution < 1.29 is 203 Å². The van der Waals surface area contributed by atoms with E-state index in [1.807, 2.05) is 0 Å². The average Bonchev–Trinajstić information content (AvgIpc) is 1.25. The molecular weight excluding hydrogens is 360 g/mol. The zero-order chi connectivity index (χ0) is 7.15. The van der Waals surface area contributed by atoms with Crippen LogP contribution < -0.4 is 188 Å². The Morgan fingerprint density at radius 1 is 1.08 bits per heavy atom. The largest absolute Gasteiger partial charge is 1.00 e. The first-order valence-electron chi connectivity index (χ1n) is 1.54. The molecule has 0 amide bonds. The fourth-order valence-electron chi connectivity index (χ4n) is 0. The van der Waals surface area contributed by atoms with Gasteiger partial charge in [-0.1, -0.05) is 0 Å². The summed E-state index contributed by atoms with van der Waals surface area (Å²) < 4.78 is 0. The summed E-state index contributed by atoms with van der Waals surface area (Å²) in [5.74, 6) is -1.08. The summed E-state index contributed by atoms with van der Waals surface area (Å²) in [4.78, 5) is 17.3. The van der Waals surface area contributed by atoms with Crippen molar-refractivity contribution >= 4 is 12.1 Å². The van der Waals surface area contributed by atoms with Gasteiger partial charge in [-0.2, -0.15) is 0 Å². The summed E-state index contributed by atoms with van der Waals surface area (Å²) >= 11 is 0. The van der Waals surface area contributed by atoms with Crippen molar-refractivity contribution in [3.05, 3.63) is 0 Å².